The number of para-hydroxylation sites is 1. The van der Waals surface area contributed by atoms with Gasteiger partial charge in [-0.25, -0.2) is 4.79 Å². The molecule has 0 saturated carbocycles. The van der Waals surface area contributed by atoms with Crippen LogP contribution >= 0.6 is 11.8 Å². The average molecular weight is 474 g/mol. The van der Waals surface area contributed by atoms with Crippen molar-refractivity contribution in [2.24, 2.45) is 11.8 Å². The summed E-state index contributed by atoms with van der Waals surface area (Å²) in [4.78, 5) is 39.5. The van der Waals surface area contributed by atoms with Crippen LogP contribution in [0.15, 0.2) is 46.8 Å². The van der Waals surface area contributed by atoms with E-state index < -0.39 is 23.8 Å². The van der Waals surface area contributed by atoms with Gasteiger partial charge in [0.25, 0.3) is 0 Å². The molecule has 0 aromatic heterocycles. The Morgan fingerprint density at radius 3 is 2.61 bits per heavy atom. The third-order valence-corrected chi connectivity index (χ3v) is 6.94. The Balaban J connectivity index is 2.12. The fraction of sp³-hybridized carbons (Fsp3) is 0.480. The number of Topliss-reactive ketones (excluding diaryl/α,β-unsaturated/α-hetero) is 1. The first kappa shape index (κ1) is 24.9. The maximum atomic E-state index is 13.7. The number of methoxy groups -OCH3 is 2. The normalized spacial score (nSPS) is 22.5. The Bertz CT molecular complexity index is 998. The third kappa shape index (κ3) is 4.95. The lowest BCUT2D eigenvalue weighted by Crippen LogP contribution is -2.43. The van der Waals surface area contributed by atoms with Gasteiger partial charge in [0.15, 0.2) is 5.78 Å². The van der Waals surface area contributed by atoms with Crippen molar-refractivity contribution in [3.63, 3.8) is 0 Å². The summed E-state index contributed by atoms with van der Waals surface area (Å²) in [5, 5.41) is 3.27. The number of carbonyl (C=O) groups excluding carboxylic acids is 3. The van der Waals surface area contributed by atoms with E-state index in [4.69, 9.17) is 14.2 Å². The van der Waals surface area contributed by atoms with Gasteiger partial charge in [0, 0.05) is 28.3 Å². The molecule has 3 rings (SSSR count). The van der Waals surface area contributed by atoms with Crippen molar-refractivity contribution >= 4 is 29.5 Å². The van der Waals surface area contributed by atoms with Crippen LogP contribution in [0, 0.1) is 11.8 Å². The molecule has 33 heavy (non-hydrogen) atoms. The van der Waals surface area contributed by atoms with Gasteiger partial charge in [-0.15, -0.1) is 0 Å². The number of hydrogen-bond acceptors (Lipinski definition) is 8. The summed E-state index contributed by atoms with van der Waals surface area (Å²) in [5.41, 5.74) is 2.78. The van der Waals surface area contributed by atoms with Crippen molar-refractivity contribution in [2.45, 2.75) is 33.1 Å². The zero-order valence-electron chi connectivity index (χ0n) is 19.7. The lowest BCUT2D eigenvalue weighted by Gasteiger charge is -2.38. The molecule has 1 N–H and O–H groups in total. The smallest absolute Gasteiger partial charge is 0.336 e. The quantitative estimate of drug-likeness (QED) is 0.348. The summed E-state index contributed by atoms with van der Waals surface area (Å²) >= 11 is 1.68. The topological polar surface area (TPSA) is 90.9 Å². The molecular formula is C25H31NO6S. The van der Waals surface area contributed by atoms with E-state index in [1.807, 2.05) is 39.0 Å². The van der Waals surface area contributed by atoms with Crippen LogP contribution in [0.2, 0.25) is 0 Å². The second kappa shape index (κ2) is 10.9. The SMILES string of the molecule is CCSCCOC(=O)C1=C(C)NC2=C(C(=O)[C@@H](C(=O)OC)[C@@H](C)C2)[C@@H]1c1ccccc1OC. The molecule has 0 unspecified atom stereocenters. The number of nitrogens with one attached hydrogen (secondary N) is 1. The highest BCUT2D eigenvalue weighted by atomic mass is 32.2. The lowest BCUT2D eigenvalue weighted by molar-refractivity contribution is -0.151. The number of benzene rings is 1. The molecule has 1 aromatic carbocycles. The van der Waals surface area contributed by atoms with Crippen molar-refractivity contribution in [1.82, 2.24) is 5.32 Å². The highest BCUT2D eigenvalue weighted by molar-refractivity contribution is 7.99. The average Bonchev–Trinajstić information content (AvgIpc) is 2.80. The maximum absolute atomic E-state index is 13.7. The van der Waals surface area contributed by atoms with Gasteiger partial charge in [0.2, 0.25) is 0 Å². The molecule has 1 aliphatic heterocycles. The van der Waals surface area contributed by atoms with Gasteiger partial charge in [-0.05, 0) is 31.1 Å². The fourth-order valence-electron chi connectivity index (χ4n) is 4.58. The van der Waals surface area contributed by atoms with Crippen LogP contribution in [0.1, 0.15) is 38.7 Å². The lowest BCUT2D eigenvalue weighted by atomic mass is 9.69. The molecule has 0 fully saturated rings. The first-order valence-electron chi connectivity index (χ1n) is 11.1. The molecule has 0 saturated heterocycles. The summed E-state index contributed by atoms with van der Waals surface area (Å²) in [7, 11) is 2.83. The molecule has 1 aliphatic carbocycles. The van der Waals surface area contributed by atoms with Gasteiger partial charge in [0.05, 0.1) is 25.7 Å². The van der Waals surface area contributed by atoms with Crippen molar-refractivity contribution in [3.8, 4) is 5.75 Å². The highest BCUT2D eigenvalue weighted by Crippen LogP contribution is 2.47. The maximum Gasteiger partial charge on any atom is 0.336 e. The fourth-order valence-corrected chi connectivity index (χ4v) is 5.07. The Labute approximate surface area is 198 Å². The van der Waals surface area contributed by atoms with Crippen molar-refractivity contribution < 1.29 is 28.6 Å². The first-order valence-corrected chi connectivity index (χ1v) is 12.2. The number of esters is 2. The van der Waals surface area contributed by atoms with E-state index in [1.54, 1.807) is 24.9 Å². The van der Waals surface area contributed by atoms with Crippen molar-refractivity contribution in [2.75, 3.05) is 32.3 Å². The molecule has 0 spiro atoms. The summed E-state index contributed by atoms with van der Waals surface area (Å²) in [6, 6.07) is 7.30. The largest absolute Gasteiger partial charge is 0.496 e. The Hall–Kier alpha value is -2.74. The molecule has 7 nitrogen and oxygen atoms in total. The van der Waals surface area contributed by atoms with E-state index in [2.05, 4.69) is 5.32 Å². The molecule has 0 radical (unpaired) electrons. The summed E-state index contributed by atoms with van der Waals surface area (Å²) in [5.74, 6) is -1.08. The molecule has 1 aromatic rings. The summed E-state index contributed by atoms with van der Waals surface area (Å²) in [6.07, 6.45) is 0.485. The van der Waals surface area contributed by atoms with E-state index in [9.17, 15) is 14.4 Å². The van der Waals surface area contributed by atoms with E-state index in [0.29, 0.717) is 40.3 Å². The second-order valence-corrected chi connectivity index (χ2v) is 9.50. The van der Waals surface area contributed by atoms with Gasteiger partial charge in [-0.1, -0.05) is 32.0 Å². The van der Waals surface area contributed by atoms with Crippen LogP contribution in [-0.2, 0) is 23.9 Å². The van der Waals surface area contributed by atoms with Gasteiger partial charge in [0.1, 0.15) is 18.3 Å². The minimum Gasteiger partial charge on any atom is -0.496 e. The standard InChI is InChI=1S/C25H31NO6S/c1-6-33-12-11-32-25(29)20-15(3)26-17-13-14(2)19(24(28)31-5)23(27)22(17)21(20)16-9-7-8-10-18(16)30-4/h7-10,14,19,21,26H,6,11-13H2,1-5H3/t14-,19-,21+/m0/s1. The molecule has 0 bridgehead atoms. The monoisotopic (exact) mass is 473 g/mol. The number of thioether (sulfide) groups is 1. The van der Waals surface area contributed by atoms with Gasteiger partial charge in [-0.2, -0.15) is 11.8 Å². The highest BCUT2D eigenvalue weighted by Gasteiger charge is 2.47. The zero-order valence-corrected chi connectivity index (χ0v) is 20.5. The van der Waals surface area contributed by atoms with E-state index in [-0.39, 0.29) is 18.3 Å². The van der Waals surface area contributed by atoms with Crippen molar-refractivity contribution in [1.29, 1.82) is 0 Å². The predicted molar refractivity (Wildman–Crippen MR) is 127 cm³/mol. The molecule has 2 aliphatic rings. The van der Waals surface area contributed by atoms with E-state index in [1.165, 1.54) is 7.11 Å². The third-order valence-electron chi connectivity index (χ3n) is 6.08. The van der Waals surface area contributed by atoms with Crippen LogP contribution < -0.4 is 10.1 Å². The summed E-state index contributed by atoms with van der Waals surface area (Å²) in [6.45, 7) is 5.99. The minimum absolute atomic E-state index is 0.234. The van der Waals surface area contributed by atoms with Gasteiger partial charge >= 0.3 is 11.9 Å². The van der Waals surface area contributed by atoms with Crippen LogP contribution in [0.25, 0.3) is 0 Å². The van der Waals surface area contributed by atoms with Crippen LogP contribution in [0.3, 0.4) is 0 Å². The zero-order chi connectivity index (χ0) is 24.1. The van der Waals surface area contributed by atoms with E-state index in [0.717, 1.165) is 11.4 Å². The van der Waals surface area contributed by atoms with Gasteiger partial charge < -0.3 is 19.5 Å². The number of allylic oxidation sites excluding steroid dienone is 3. The molecule has 0 amide bonds. The number of ether oxygens (including phenoxy) is 3. The minimum atomic E-state index is -0.926. The Morgan fingerprint density at radius 2 is 1.94 bits per heavy atom. The number of carbonyl (C=O) groups is 3. The van der Waals surface area contributed by atoms with Crippen LogP contribution in [-0.4, -0.2) is 50.1 Å². The Morgan fingerprint density at radius 1 is 1.21 bits per heavy atom. The van der Waals surface area contributed by atoms with Crippen molar-refractivity contribution in [3.05, 3.63) is 52.4 Å². The second-order valence-electron chi connectivity index (χ2n) is 8.11. The predicted octanol–water partition coefficient (Wildman–Crippen LogP) is 3.60. The van der Waals surface area contributed by atoms with Crippen LogP contribution in [0.4, 0.5) is 0 Å². The number of hydrogen-bond donors (Lipinski definition) is 1. The number of rotatable bonds is 8. The van der Waals surface area contributed by atoms with Crippen LogP contribution in [0.5, 0.6) is 5.75 Å². The van der Waals surface area contributed by atoms with E-state index >= 15 is 0 Å². The number of ketones is 1. The number of dihydropyridines is 1. The molecule has 3 atom stereocenters. The van der Waals surface area contributed by atoms with Gasteiger partial charge in [-0.3, -0.25) is 9.59 Å². The Kier molecular flexibility index (Phi) is 8.24. The molecule has 8 heteroatoms. The molecule has 1 heterocycles. The first-order chi connectivity index (χ1) is 15.8. The molecular weight excluding hydrogens is 442 g/mol. The molecule has 178 valence electrons. The summed E-state index contributed by atoms with van der Waals surface area (Å²) < 4.78 is 16.1.